The number of aromatic amines is 1. The smallest absolute Gasteiger partial charge is 0.295 e. The number of ketones is 1. The number of carbonyl (C=O) groups is 2. The zero-order valence-corrected chi connectivity index (χ0v) is 12.5. The average Bonchev–Trinajstić information content (AvgIpc) is 2.89. The summed E-state index contributed by atoms with van der Waals surface area (Å²) in [6.07, 6.45) is 1.58. The van der Waals surface area contributed by atoms with E-state index in [2.05, 4.69) is 9.88 Å². The molecule has 2 heterocycles. The lowest BCUT2D eigenvalue weighted by molar-refractivity contribution is -0.127. The van der Waals surface area contributed by atoms with Crippen molar-refractivity contribution in [3.8, 4) is 0 Å². The monoisotopic (exact) mass is 305 g/mol. The molecule has 0 unspecified atom stereocenters. The number of hydrogen-bond acceptors (Lipinski definition) is 3. The number of benzene rings is 1. The summed E-state index contributed by atoms with van der Waals surface area (Å²) in [6.45, 7) is 2.76. The fraction of sp³-hybridized carbons (Fsp3) is 0.333. The van der Waals surface area contributed by atoms with Gasteiger partial charge in [-0.15, -0.1) is 0 Å². The molecule has 0 spiro atoms. The largest absolute Gasteiger partial charge is 0.360 e. The summed E-state index contributed by atoms with van der Waals surface area (Å²) in [5.41, 5.74) is 1.19. The number of rotatable bonds is 2. The van der Waals surface area contributed by atoms with Gasteiger partial charge < -0.3 is 14.8 Å². The minimum atomic E-state index is -0.479. The van der Waals surface area contributed by atoms with Gasteiger partial charge in [-0.2, -0.15) is 0 Å². The third-order valence-electron chi connectivity index (χ3n) is 3.87. The van der Waals surface area contributed by atoms with Gasteiger partial charge in [0.2, 0.25) is 0 Å². The maximum atomic E-state index is 12.4. The SMILES string of the molecule is CN1CCN(C(=O)C(=O)c2c[nH]c3ccc(Cl)cc23)CC1. The van der Waals surface area contributed by atoms with Gasteiger partial charge in [0.25, 0.3) is 11.7 Å². The summed E-state index contributed by atoms with van der Waals surface area (Å²) in [5, 5.41) is 1.23. The zero-order valence-electron chi connectivity index (χ0n) is 11.7. The second kappa shape index (κ2) is 5.50. The molecule has 1 saturated heterocycles. The van der Waals surface area contributed by atoms with Crippen molar-refractivity contribution in [1.82, 2.24) is 14.8 Å². The van der Waals surface area contributed by atoms with Gasteiger partial charge in [-0.25, -0.2) is 0 Å². The molecule has 1 aromatic carbocycles. The number of piperazine rings is 1. The molecule has 0 aliphatic carbocycles. The van der Waals surface area contributed by atoms with Gasteiger partial charge in [0.15, 0.2) is 0 Å². The van der Waals surface area contributed by atoms with Crippen LogP contribution < -0.4 is 0 Å². The average molecular weight is 306 g/mol. The summed E-state index contributed by atoms with van der Waals surface area (Å²) in [5.74, 6) is -0.919. The fourth-order valence-corrected chi connectivity index (χ4v) is 2.72. The summed E-state index contributed by atoms with van der Waals surface area (Å²) in [6, 6.07) is 5.25. The highest BCUT2D eigenvalue weighted by atomic mass is 35.5. The minimum Gasteiger partial charge on any atom is -0.360 e. The van der Waals surface area contributed by atoms with E-state index in [1.165, 1.54) is 0 Å². The molecule has 0 saturated carbocycles. The Morgan fingerprint density at radius 2 is 1.90 bits per heavy atom. The number of fused-ring (bicyclic) bond motifs is 1. The number of hydrogen-bond donors (Lipinski definition) is 1. The molecule has 21 heavy (non-hydrogen) atoms. The molecule has 1 N–H and O–H groups in total. The van der Waals surface area contributed by atoms with Gasteiger partial charge in [0.05, 0.1) is 5.56 Å². The first-order chi connectivity index (χ1) is 10.1. The Morgan fingerprint density at radius 1 is 1.19 bits per heavy atom. The number of likely N-dealkylation sites (N-methyl/N-ethyl adjacent to an activating group) is 1. The molecule has 110 valence electrons. The molecule has 1 amide bonds. The van der Waals surface area contributed by atoms with Gasteiger partial charge in [-0.1, -0.05) is 11.6 Å². The normalized spacial score (nSPS) is 16.4. The van der Waals surface area contributed by atoms with Gasteiger partial charge in [-0.3, -0.25) is 9.59 Å². The van der Waals surface area contributed by atoms with E-state index in [-0.39, 0.29) is 0 Å². The summed E-state index contributed by atoms with van der Waals surface area (Å²) >= 11 is 5.97. The van der Waals surface area contributed by atoms with E-state index in [4.69, 9.17) is 11.6 Å². The van der Waals surface area contributed by atoms with Crippen LogP contribution in [0.25, 0.3) is 10.9 Å². The molecular formula is C15H16ClN3O2. The molecule has 0 bridgehead atoms. The Hall–Kier alpha value is -1.85. The molecule has 0 atom stereocenters. The van der Waals surface area contributed by atoms with Crippen LogP contribution in [0, 0.1) is 0 Å². The van der Waals surface area contributed by atoms with Crippen molar-refractivity contribution in [1.29, 1.82) is 0 Å². The van der Waals surface area contributed by atoms with Crippen molar-refractivity contribution in [3.05, 3.63) is 35.0 Å². The van der Waals surface area contributed by atoms with Crippen LogP contribution in [0.15, 0.2) is 24.4 Å². The number of H-pyrrole nitrogens is 1. The van der Waals surface area contributed by atoms with E-state index in [1.54, 1.807) is 29.3 Å². The van der Waals surface area contributed by atoms with Crippen LogP contribution in [0.2, 0.25) is 5.02 Å². The van der Waals surface area contributed by atoms with Crippen LogP contribution >= 0.6 is 11.6 Å². The third-order valence-corrected chi connectivity index (χ3v) is 4.11. The highest BCUT2D eigenvalue weighted by Crippen LogP contribution is 2.23. The molecule has 5 nitrogen and oxygen atoms in total. The molecule has 6 heteroatoms. The topological polar surface area (TPSA) is 56.4 Å². The van der Waals surface area contributed by atoms with Crippen LogP contribution in [0.3, 0.4) is 0 Å². The predicted octanol–water partition coefficient (Wildman–Crippen LogP) is 1.78. The standard InChI is InChI=1S/C15H16ClN3O2/c1-18-4-6-19(7-5-18)15(21)14(20)12-9-17-13-3-2-10(16)8-11(12)13/h2-3,8-9,17H,4-7H2,1H3. The van der Waals surface area contributed by atoms with Crippen molar-refractivity contribution in [2.45, 2.75) is 0 Å². The molecule has 1 aliphatic heterocycles. The van der Waals surface area contributed by atoms with Crippen LogP contribution in [0.4, 0.5) is 0 Å². The van der Waals surface area contributed by atoms with Crippen molar-refractivity contribution in [2.24, 2.45) is 0 Å². The van der Waals surface area contributed by atoms with Gasteiger partial charge in [0.1, 0.15) is 0 Å². The Bertz CT molecular complexity index is 702. The molecule has 1 fully saturated rings. The Labute approximate surface area is 127 Å². The second-order valence-electron chi connectivity index (χ2n) is 5.32. The van der Waals surface area contributed by atoms with Crippen molar-refractivity contribution in [2.75, 3.05) is 33.2 Å². The lowest BCUT2D eigenvalue weighted by Crippen LogP contribution is -2.49. The molecule has 2 aromatic rings. The van der Waals surface area contributed by atoms with E-state index in [9.17, 15) is 9.59 Å². The Morgan fingerprint density at radius 3 is 2.62 bits per heavy atom. The lowest BCUT2D eigenvalue weighted by atomic mass is 10.1. The van der Waals surface area contributed by atoms with Crippen molar-refractivity contribution >= 4 is 34.2 Å². The summed E-state index contributed by atoms with van der Waals surface area (Å²) in [4.78, 5) is 31.5. The molecular weight excluding hydrogens is 290 g/mol. The number of carbonyl (C=O) groups excluding carboxylic acids is 2. The highest BCUT2D eigenvalue weighted by Gasteiger charge is 2.27. The first kappa shape index (κ1) is 14.1. The van der Waals surface area contributed by atoms with E-state index < -0.39 is 11.7 Å². The fourth-order valence-electron chi connectivity index (χ4n) is 2.55. The Balaban J connectivity index is 1.86. The molecule has 1 aromatic heterocycles. The van der Waals surface area contributed by atoms with Crippen LogP contribution in [-0.4, -0.2) is 59.7 Å². The molecule has 1 aliphatic rings. The van der Waals surface area contributed by atoms with Crippen LogP contribution in [-0.2, 0) is 4.79 Å². The number of Topliss-reactive ketones (excluding diaryl/α,β-unsaturated/α-hetero) is 1. The molecule has 3 rings (SSSR count). The third kappa shape index (κ3) is 2.66. The van der Waals surface area contributed by atoms with Gasteiger partial charge in [0, 0.05) is 48.3 Å². The number of aromatic nitrogens is 1. The van der Waals surface area contributed by atoms with E-state index in [0.717, 1.165) is 18.6 Å². The lowest BCUT2D eigenvalue weighted by Gasteiger charge is -2.31. The van der Waals surface area contributed by atoms with E-state index in [1.807, 2.05) is 7.05 Å². The van der Waals surface area contributed by atoms with E-state index >= 15 is 0 Å². The van der Waals surface area contributed by atoms with Crippen LogP contribution in [0.1, 0.15) is 10.4 Å². The summed E-state index contributed by atoms with van der Waals surface area (Å²) in [7, 11) is 2.01. The van der Waals surface area contributed by atoms with Gasteiger partial charge in [-0.05, 0) is 25.2 Å². The number of nitrogens with zero attached hydrogens (tertiary/aromatic N) is 2. The molecule has 0 radical (unpaired) electrons. The van der Waals surface area contributed by atoms with Gasteiger partial charge >= 0.3 is 0 Å². The maximum absolute atomic E-state index is 12.4. The second-order valence-corrected chi connectivity index (χ2v) is 5.75. The minimum absolute atomic E-state index is 0.386. The highest BCUT2D eigenvalue weighted by molar-refractivity contribution is 6.45. The number of nitrogens with one attached hydrogen (secondary N) is 1. The summed E-state index contributed by atoms with van der Waals surface area (Å²) < 4.78 is 0. The first-order valence-corrected chi connectivity index (χ1v) is 7.23. The van der Waals surface area contributed by atoms with Crippen molar-refractivity contribution in [3.63, 3.8) is 0 Å². The van der Waals surface area contributed by atoms with E-state index in [0.29, 0.717) is 29.1 Å². The number of halogens is 1. The quantitative estimate of drug-likeness (QED) is 0.680. The maximum Gasteiger partial charge on any atom is 0.295 e. The predicted molar refractivity (Wildman–Crippen MR) is 81.7 cm³/mol. The Kier molecular flexibility index (Phi) is 3.69. The van der Waals surface area contributed by atoms with Crippen molar-refractivity contribution < 1.29 is 9.59 Å². The first-order valence-electron chi connectivity index (χ1n) is 6.85. The number of amides is 1. The van der Waals surface area contributed by atoms with Crippen LogP contribution in [0.5, 0.6) is 0 Å². The zero-order chi connectivity index (χ0) is 15.0.